The van der Waals surface area contributed by atoms with Crippen LogP contribution in [0.3, 0.4) is 0 Å². The fourth-order valence-electron chi connectivity index (χ4n) is 2.26. The number of hydrogen-bond donors (Lipinski definition) is 0. The molecule has 21 heavy (non-hydrogen) atoms. The number of alkyl halides is 1. The second-order valence-electron chi connectivity index (χ2n) is 4.94. The van der Waals surface area contributed by atoms with Crippen LogP contribution in [0.2, 0.25) is 0 Å². The molecule has 0 aliphatic heterocycles. The third-order valence-corrected chi connectivity index (χ3v) is 3.90. The number of halogens is 1. The van der Waals surface area contributed by atoms with Crippen molar-refractivity contribution < 1.29 is 9.26 Å². The average molecular weight is 346 g/mol. The van der Waals surface area contributed by atoms with Crippen LogP contribution in [0.4, 0.5) is 0 Å². The lowest BCUT2D eigenvalue weighted by atomic mass is 10.1. The molecule has 0 fully saturated rings. The molecule has 0 spiro atoms. The summed E-state index contributed by atoms with van der Waals surface area (Å²) < 4.78 is 11.2. The number of aromatic nitrogens is 1. The molecule has 3 rings (SSSR count). The summed E-state index contributed by atoms with van der Waals surface area (Å²) in [5.74, 6) is 0.838. The standard InChI is InChI=1S/C17H16BrNO2/c1-12-4-2-3-5-13(12)11-20-14-6-7-17-15(10-14)16(8-9-18)19-21-17/h2-7,10H,8-9,11H2,1H3. The van der Waals surface area contributed by atoms with E-state index in [2.05, 4.69) is 40.1 Å². The lowest BCUT2D eigenvalue weighted by molar-refractivity contribution is 0.306. The Morgan fingerprint density at radius 2 is 2.05 bits per heavy atom. The van der Waals surface area contributed by atoms with Gasteiger partial charge in [-0.25, -0.2) is 0 Å². The molecule has 0 aliphatic carbocycles. The van der Waals surface area contributed by atoms with Gasteiger partial charge >= 0.3 is 0 Å². The number of ether oxygens (including phenoxy) is 1. The van der Waals surface area contributed by atoms with Gasteiger partial charge in [-0.3, -0.25) is 0 Å². The van der Waals surface area contributed by atoms with E-state index in [-0.39, 0.29) is 0 Å². The minimum absolute atomic E-state index is 0.567. The first kappa shape index (κ1) is 14.1. The van der Waals surface area contributed by atoms with Crippen molar-refractivity contribution in [2.75, 3.05) is 5.33 Å². The molecule has 0 saturated heterocycles. The molecule has 0 amide bonds. The van der Waals surface area contributed by atoms with Crippen LogP contribution < -0.4 is 4.74 Å². The third-order valence-electron chi connectivity index (χ3n) is 3.50. The number of fused-ring (bicyclic) bond motifs is 1. The Morgan fingerprint density at radius 1 is 1.19 bits per heavy atom. The van der Waals surface area contributed by atoms with Crippen molar-refractivity contribution in [1.29, 1.82) is 0 Å². The van der Waals surface area contributed by atoms with Gasteiger partial charge in [0.05, 0.1) is 5.69 Å². The molecule has 1 heterocycles. The van der Waals surface area contributed by atoms with Crippen molar-refractivity contribution in [3.63, 3.8) is 0 Å². The first-order chi connectivity index (χ1) is 10.3. The average Bonchev–Trinajstić information content (AvgIpc) is 2.89. The molecule has 0 radical (unpaired) electrons. The van der Waals surface area contributed by atoms with Crippen LogP contribution in [0, 0.1) is 6.92 Å². The Labute approximate surface area is 132 Å². The topological polar surface area (TPSA) is 35.3 Å². The van der Waals surface area contributed by atoms with Crippen molar-refractivity contribution in [3.8, 4) is 5.75 Å². The highest BCUT2D eigenvalue weighted by molar-refractivity contribution is 9.09. The number of rotatable bonds is 5. The van der Waals surface area contributed by atoms with E-state index in [1.807, 2.05) is 30.3 Å². The lowest BCUT2D eigenvalue weighted by Crippen LogP contribution is -1.97. The van der Waals surface area contributed by atoms with E-state index in [9.17, 15) is 0 Å². The molecule has 3 nitrogen and oxygen atoms in total. The quantitative estimate of drug-likeness (QED) is 0.631. The van der Waals surface area contributed by atoms with Gasteiger partial charge in [0.2, 0.25) is 0 Å². The first-order valence-corrected chi connectivity index (χ1v) is 8.01. The molecule has 0 bridgehead atoms. The van der Waals surface area contributed by atoms with E-state index in [1.54, 1.807) is 0 Å². The largest absolute Gasteiger partial charge is 0.489 e. The Kier molecular flexibility index (Phi) is 4.25. The molecular formula is C17H16BrNO2. The van der Waals surface area contributed by atoms with Crippen LogP contribution in [-0.4, -0.2) is 10.5 Å². The molecule has 1 aromatic heterocycles. The summed E-state index contributed by atoms with van der Waals surface area (Å²) in [6.07, 6.45) is 0.842. The van der Waals surface area contributed by atoms with E-state index in [1.165, 1.54) is 11.1 Å². The summed E-state index contributed by atoms with van der Waals surface area (Å²) in [6, 6.07) is 14.1. The van der Waals surface area contributed by atoms with E-state index in [0.717, 1.165) is 34.2 Å². The summed E-state index contributed by atoms with van der Waals surface area (Å²) in [5, 5.41) is 5.99. The van der Waals surface area contributed by atoms with E-state index in [4.69, 9.17) is 9.26 Å². The predicted octanol–water partition coefficient (Wildman–Crippen LogP) is 4.65. The monoisotopic (exact) mass is 345 g/mol. The van der Waals surface area contributed by atoms with Crippen LogP contribution in [-0.2, 0) is 13.0 Å². The van der Waals surface area contributed by atoms with Gasteiger partial charge < -0.3 is 9.26 Å². The summed E-state index contributed by atoms with van der Waals surface area (Å²) >= 11 is 3.43. The Hall–Kier alpha value is -1.81. The maximum absolute atomic E-state index is 5.90. The van der Waals surface area contributed by atoms with Gasteiger partial charge in [-0.1, -0.05) is 45.4 Å². The van der Waals surface area contributed by atoms with Crippen molar-refractivity contribution in [2.45, 2.75) is 20.0 Å². The SMILES string of the molecule is Cc1ccccc1COc1ccc2onc(CCBr)c2c1. The zero-order valence-corrected chi connectivity index (χ0v) is 13.4. The number of hydrogen-bond acceptors (Lipinski definition) is 3. The third kappa shape index (κ3) is 3.10. The number of nitrogens with zero attached hydrogens (tertiary/aromatic N) is 1. The van der Waals surface area contributed by atoms with Crippen LogP contribution in [0.1, 0.15) is 16.8 Å². The number of aryl methyl sites for hydroxylation is 2. The fraction of sp³-hybridized carbons (Fsp3) is 0.235. The molecule has 3 aromatic rings. The lowest BCUT2D eigenvalue weighted by Gasteiger charge is -2.08. The van der Waals surface area contributed by atoms with Gasteiger partial charge in [-0.15, -0.1) is 0 Å². The minimum Gasteiger partial charge on any atom is -0.489 e. The zero-order chi connectivity index (χ0) is 14.7. The highest BCUT2D eigenvalue weighted by Crippen LogP contribution is 2.25. The van der Waals surface area contributed by atoms with Crippen LogP contribution in [0.25, 0.3) is 11.0 Å². The molecule has 4 heteroatoms. The molecule has 0 saturated carbocycles. The Bertz CT molecular complexity index is 751. The van der Waals surface area contributed by atoms with Crippen molar-refractivity contribution in [3.05, 3.63) is 59.3 Å². The zero-order valence-electron chi connectivity index (χ0n) is 11.8. The maximum Gasteiger partial charge on any atom is 0.167 e. The second-order valence-corrected chi connectivity index (χ2v) is 5.73. The van der Waals surface area contributed by atoms with Crippen molar-refractivity contribution in [2.24, 2.45) is 0 Å². The smallest absolute Gasteiger partial charge is 0.167 e. The fourth-order valence-corrected chi connectivity index (χ4v) is 2.64. The second kappa shape index (κ2) is 6.31. The van der Waals surface area contributed by atoms with Crippen LogP contribution >= 0.6 is 15.9 Å². The highest BCUT2D eigenvalue weighted by atomic mass is 79.9. The number of benzene rings is 2. The normalized spacial score (nSPS) is 11.0. The van der Waals surface area contributed by atoms with Gasteiger partial charge in [0.1, 0.15) is 12.4 Å². The van der Waals surface area contributed by atoms with Crippen LogP contribution in [0.5, 0.6) is 5.75 Å². The van der Waals surface area contributed by atoms with Crippen molar-refractivity contribution in [1.82, 2.24) is 5.16 Å². The maximum atomic E-state index is 5.90. The molecule has 0 atom stereocenters. The van der Waals surface area contributed by atoms with Gasteiger partial charge in [0.25, 0.3) is 0 Å². The van der Waals surface area contributed by atoms with Crippen LogP contribution in [0.15, 0.2) is 47.0 Å². The summed E-state index contributed by atoms with van der Waals surface area (Å²) in [4.78, 5) is 0. The Balaban J connectivity index is 1.81. The summed E-state index contributed by atoms with van der Waals surface area (Å²) in [6.45, 7) is 2.66. The summed E-state index contributed by atoms with van der Waals surface area (Å²) in [7, 11) is 0. The van der Waals surface area contributed by atoms with Gasteiger partial charge in [0, 0.05) is 17.1 Å². The molecule has 2 aromatic carbocycles. The minimum atomic E-state index is 0.567. The molecular weight excluding hydrogens is 330 g/mol. The van der Waals surface area contributed by atoms with E-state index in [0.29, 0.717) is 6.61 Å². The van der Waals surface area contributed by atoms with Crippen molar-refractivity contribution >= 4 is 26.9 Å². The van der Waals surface area contributed by atoms with Gasteiger partial charge in [-0.05, 0) is 36.2 Å². The highest BCUT2D eigenvalue weighted by Gasteiger charge is 2.09. The molecule has 0 unspecified atom stereocenters. The molecule has 108 valence electrons. The first-order valence-electron chi connectivity index (χ1n) is 6.89. The molecule has 0 N–H and O–H groups in total. The van der Waals surface area contributed by atoms with Gasteiger partial charge in [0.15, 0.2) is 5.58 Å². The predicted molar refractivity (Wildman–Crippen MR) is 87.0 cm³/mol. The molecule has 0 aliphatic rings. The van der Waals surface area contributed by atoms with Gasteiger partial charge in [-0.2, -0.15) is 0 Å². The summed E-state index contributed by atoms with van der Waals surface area (Å²) in [5.41, 5.74) is 4.20. The van der Waals surface area contributed by atoms with E-state index < -0.39 is 0 Å². The Morgan fingerprint density at radius 3 is 2.86 bits per heavy atom. The van der Waals surface area contributed by atoms with E-state index >= 15 is 0 Å².